The first-order valence-electron chi connectivity index (χ1n) is 6.29. The van der Waals surface area contributed by atoms with E-state index in [1.54, 1.807) is 0 Å². The van der Waals surface area contributed by atoms with E-state index >= 15 is 0 Å². The van der Waals surface area contributed by atoms with Crippen molar-refractivity contribution < 1.29 is 0 Å². The lowest BCUT2D eigenvalue weighted by molar-refractivity contribution is 0.276. The summed E-state index contributed by atoms with van der Waals surface area (Å²) in [6, 6.07) is 0.832. The van der Waals surface area contributed by atoms with Crippen molar-refractivity contribution in [3.05, 3.63) is 0 Å². The Morgan fingerprint density at radius 3 is 2.71 bits per heavy atom. The van der Waals surface area contributed by atoms with Crippen LogP contribution in [0.4, 0.5) is 0 Å². The predicted octanol–water partition coefficient (Wildman–Crippen LogP) is 1.91. The second kappa shape index (κ2) is 4.63. The standard InChI is InChI=1S/C12H24N2/c1-2-12(7-8-13-9-12)10-14-11-5-3-4-6-11/h11,13-14H,2-10H2,1H3. The van der Waals surface area contributed by atoms with Crippen molar-refractivity contribution in [2.24, 2.45) is 5.41 Å². The fourth-order valence-electron chi connectivity index (χ4n) is 2.86. The molecule has 0 spiro atoms. The maximum atomic E-state index is 3.78. The first kappa shape index (κ1) is 10.4. The Kier molecular flexibility index (Phi) is 3.45. The Labute approximate surface area is 87.8 Å². The summed E-state index contributed by atoms with van der Waals surface area (Å²) in [7, 11) is 0. The third-order valence-electron chi connectivity index (χ3n) is 4.20. The Balaban J connectivity index is 1.76. The molecule has 82 valence electrons. The van der Waals surface area contributed by atoms with E-state index in [0.717, 1.165) is 6.04 Å². The molecule has 14 heavy (non-hydrogen) atoms. The molecule has 2 fully saturated rings. The van der Waals surface area contributed by atoms with Gasteiger partial charge in [0.1, 0.15) is 0 Å². The van der Waals surface area contributed by atoms with Crippen LogP contribution in [0.25, 0.3) is 0 Å². The van der Waals surface area contributed by atoms with Gasteiger partial charge < -0.3 is 10.6 Å². The Morgan fingerprint density at radius 1 is 1.36 bits per heavy atom. The molecule has 0 bridgehead atoms. The SMILES string of the molecule is CCC1(CNC2CCCC2)CCNC1. The van der Waals surface area contributed by atoms with E-state index in [0.29, 0.717) is 5.41 Å². The van der Waals surface area contributed by atoms with E-state index in [-0.39, 0.29) is 0 Å². The first-order valence-corrected chi connectivity index (χ1v) is 6.29. The summed E-state index contributed by atoms with van der Waals surface area (Å²) >= 11 is 0. The molecule has 1 unspecified atom stereocenters. The quantitative estimate of drug-likeness (QED) is 0.717. The summed E-state index contributed by atoms with van der Waals surface area (Å²) in [5.74, 6) is 0. The van der Waals surface area contributed by atoms with Gasteiger partial charge in [-0.05, 0) is 37.6 Å². The molecule has 2 N–H and O–H groups in total. The summed E-state index contributed by atoms with van der Waals surface area (Å²) < 4.78 is 0. The van der Waals surface area contributed by atoms with Crippen LogP contribution in [0, 0.1) is 5.41 Å². The zero-order valence-corrected chi connectivity index (χ0v) is 9.44. The van der Waals surface area contributed by atoms with E-state index < -0.39 is 0 Å². The van der Waals surface area contributed by atoms with Crippen molar-refractivity contribution in [1.82, 2.24) is 10.6 Å². The summed E-state index contributed by atoms with van der Waals surface area (Å²) in [5, 5.41) is 7.27. The van der Waals surface area contributed by atoms with Gasteiger partial charge in [-0.15, -0.1) is 0 Å². The average Bonchev–Trinajstić information content (AvgIpc) is 2.87. The highest BCUT2D eigenvalue weighted by molar-refractivity contribution is 4.90. The molecule has 0 aromatic carbocycles. The lowest BCUT2D eigenvalue weighted by Gasteiger charge is -2.28. The van der Waals surface area contributed by atoms with Crippen LogP contribution in [0.1, 0.15) is 45.4 Å². The molecule has 1 atom stereocenters. The van der Waals surface area contributed by atoms with E-state index in [1.807, 2.05) is 0 Å². The second-order valence-corrected chi connectivity index (χ2v) is 5.14. The fourth-order valence-corrected chi connectivity index (χ4v) is 2.86. The largest absolute Gasteiger partial charge is 0.316 e. The molecule has 1 aliphatic carbocycles. The topological polar surface area (TPSA) is 24.1 Å². The van der Waals surface area contributed by atoms with Crippen LogP contribution in [0.5, 0.6) is 0 Å². The van der Waals surface area contributed by atoms with E-state index in [2.05, 4.69) is 17.6 Å². The second-order valence-electron chi connectivity index (χ2n) is 5.14. The molecule has 2 heteroatoms. The monoisotopic (exact) mass is 196 g/mol. The summed E-state index contributed by atoms with van der Waals surface area (Å²) in [6.07, 6.45) is 8.38. The molecule has 2 aliphatic rings. The van der Waals surface area contributed by atoms with Gasteiger partial charge >= 0.3 is 0 Å². The maximum Gasteiger partial charge on any atom is 0.00673 e. The highest BCUT2D eigenvalue weighted by atomic mass is 15.0. The maximum absolute atomic E-state index is 3.78. The normalized spacial score (nSPS) is 34.1. The van der Waals surface area contributed by atoms with Gasteiger partial charge in [0.15, 0.2) is 0 Å². The number of hydrogen-bond acceptors (Lipinski definition) is 2. The van der Waals surface area contributed by atoms with E-state index in [9.17, 15) is 0 Å². The van der Waals surface area contributed by atoms with Gasteiger partial charge in [0.2, 0.25) is 0 Å². The number of nitrogens with one attached hydrogen (secondary N) is 2. The van der Waals surface area contributed by atoms with E-state index in [1.165, 1.54) is 58.2 Å². The van der Waals surface area contributed by atoms with Crippen LogP contribution in [0.2, 0.25) is 0 Å². The van der Waals surface area contributed by atoms with Crippen LogP contribution < -0.4 is 10.6 Å². The van der Waals surface area contributed by atoms with Gasteiger partial charge in [0.25, 0.3) is 0 Å². The van der Waals surface area contributed by atoms with Gasteiger partial charge in [-0.3, -0.25) is 0 Å². The lowest BCUT2D eigenvalue weighted by atomic mass is 9.84. The van der Waals surface area contributed by atoms with Crippen molar-refractivity contribution in [2.45, 2.75) is 51.5 Å². The Hall–Kier alpha value is -0.0800. The van der Waals surface area contributed by atoms with E-state index in [4.69, 9.17) is 0 Å². The molecule has 0 amide bonds. The molecular weight excluding hydrogens is 172 g/mol. The fraction of sp³-hybridized carbons (Fsp3) is 1.00. The summed E-state index contributed by atoms with van der Waals surface area (Å²) in [4.78, 5) is 0. The first-order chi connectivity index (χ1) is 6.85. The van der Waals surface area contributed by atoms with Crippen molar-refractivity contribution in [3.8, 4) is 0 Å². The van der Waals surface area contributed by atoms with Gasteiger partial charge in [-0.25, -0.2) is 0 Å². The highest BCUT2D eigenvalue weighted by Crippen LogP contribution is 2.29. The predicted molar refractivity (Wildman–Crippen MR) is 60.5 cm³/mol. The molecule has 0 aromatic heterocycles. The highest BCUT2D eigenvalue weighted by Gasteiger charge is 2.32. The van der Waals surface area contributed by atoms with Gasteiger partial charge in [0.05, 0.1) is 0 Å². The Morgan fingerprint density at radius 2 is 2.14 bits per heavy atom. The minimum atomic E-state index is 0.572. The Bertz CT molecular complexity index is 167. The molecule has 2 nitrogen and oxygen atoms in total. The van der Waals surface area contributed by atoms with Crippen LogP contribution in [0.3, 0.4) is 0 Å². The van der Waals surface area contributed by atoms with Crippen molar-refractivity contribution in [1.29, 1.82) is 0 Å². The van der Waals surface area contributed by atoms with Crippen molar-refractivity contribution in [2.75, 3.05) is 19.6 Å². The van der Waals surface area contributed by atoms with Gasteiger partial charge in [0, 0.05) is 19.1 Å². The van der Waals surface area contributed by atoms with Crippen molar-refractivity contribution >= 4 is 0 Å². The third kappa shape index (κ3) is 2.29. The molecule has 1 saturated heterocycles. The third-order valence-corrected chi connectivity index (χ3v) is 4.20. The zero-order chi connectivity index (χ0) is 9.86. The molecule has 1 saturated carbocycles. The summed E-state index contributed by atoms with van der Waals surface area (Å²) in [5.41, 5.74) is 0.572. The average molecular weight is 196 g/mol. The lowest BCUT2D eigenvalue weighted by Crippen LogP contribution is -2.39. The number of rotatable bonds is 4. The van der Waals surface area contributed by atoms with Crippen LogP contribution >= 0.6 is 0 Å². The molecule has 2 rings (SSSR count). The minimum Gasteiger partial charge on any atom is -0.316 e. The number of hydrogen-bond donors (Lipinski definition) is 2. The van der Waals surface area contributed by atoms with Crippen LogP contribution in [-0.4, -0.2) is 25.7 Å². The van der Waals surface area contributed by atoms with Crippen LogP contribution in [0.15, 0.2) is 0 Å². The molecule has 1 aliphatic heterocycles. The molecule has 0 radical (unpaired) electrons. The van der Waals surface area contributed by atoms with Crippen molar-refractivity contribution in [3.63, 3.8) is 0 Å². The van der Waals surface area contributed by atoms with Gasteiger partial charge in [-0.1, -0.05) is 19.8 Å². The molecular formula is C12H24N2. The summed E-state index contributed by atoms with van der Waals surface area (Å²) in [6.45, 7) is 6.02. The molecule has 1 heterocycles. The smallest absolute Gasteiger partial charge is 0.00673 e. The molecule has 0 aromatic rings. The zero-order valence-electron chi connectivity index (χ0n) is 9.44. The van der Waals surface area contributed by atoms with Crippen LogP contribution in [-0.2, 0) is 0 Å². The van der Waals surface area contributed by atoms with Gasteiger partial charge in [-0.2, -0.15) is 0 Å². The minimum absolute atomic E-state index is 0.572.